The zero-order valence-electron chi connectivity index (χ0n) is 26.9. The Hall–Kier alpha value is -4.68. The molecule has 5 rings (SSSR count). The van der Waals surface area contributed by atoms with E-state index in [-0.39, 0.29) is 18.1 Å². The number of carbonyl (C=O) groups excluding carboxylic acids is 2. The number of anilines is 2. The number of amides is 1. The van der Waals surface area contributed by atoms with E-state index in [4.69, 9.17) is 14.2 Å². The molecule has 4 aromatic heterocycles. The second-order valence-corrected chi connectivity index (χ2v) is 12.3. The Bertz CT molecular complexity index is 1660. The van der Waals surface area contributed by atoms with Crippen molar-refractivity contribution in [1.82, 2.24) is 34.3 Å². The van der Waals surface area contributed by atoms with E-state index >= 15 is 0 Å². The van der Waals surface area contributed by atoms with Gasteiger partial charge in [-0.2, -0.15) is 10.2 Å². The lowest BCUT2D eigenvalue weighted by atomic mass is 10.1. The maximum atomic E-state index is 12.5. The third kappa shape index (κ3) is 8.28. The molecule has 0 aliphatic carbocycles. The molecule has 0 unspecified atom stereocenters. The van der Waals surface area contributed by atoms with Gasteiger partial charge in [0.15, 0.2) is 11.6 Å². The summed E-state index contributed by atoms with van der Waals surface area (Å²) in [6.45, 7) is 10.4. The maximum Gasteiger partial charge on any atom is 0.410 e. The number of rotatable bonds is 12. The molecule has 1 N–H and O–H groups in total. The van der Waals surface area contributed by atoms with E-state index in [0.29, 0.717) is 37.1 Å². The number of hydrogen-bond acceptors (Lipinski definition) is 10. The molecule has 1 aliphatic heterocycles. The minimum absolute atomic E-state index is 0.0443. The standard InChI is InChI=1S/C32H42N8O5/c1-21-16-28(35-27(34-21)10-8-7-9-15-43-22(2)41)36-29-18-25-17-23(11-14-40(25)37-29)30-26(19-33-38(30)6)44-20-24-12-13-39(24)31(42)45-32(3,4)5/h11,14,16-19,24H,7-10,12-13,15,20H2,1-6H3,(H,34,35,36,37)/t24-/m1/s1. The molecule has 0 radical (unpaired) electrons. The molecular formula is C32H42N8O5. The second-order valence-electron chi connectivity index (χ2n) is 12.3. The average Bonchev–Trinajstić information content (AvgIpc) is 3.50. The van der Waals surface area contributed by atoms with Gasteiger partial charge >= 0.3 is 12.1 Å². The molecule has 0 saturated carbocycles. The van der Waals surface area contributed by atoms with Crippen LogP contribution in [0.4, 0.5) is 16.4 Å². The molecule has 4 aromatic rings. The molecule has 1 amide bonds. The molecule has 1 atom stereocenters. The molecular weight excluding hydrogens is 576 g/mol. The highest BCUT2D eigenvalue weighted by molar-refractivity contribution is 5.73. The number of aryl methyl sites for hydroxylation is 3. The van der Waals surface area contributed by atoms with Crippen molar-refractivity contribution >= 4 is 29.2 Å². The number of aromatic nitrogens is 6. The number of ether oxygens (including phenoxy) is 3. The molecule has 13 nitrogen and oxygen atoms in total. The highest BCUT2D eigenvalue weighted by Crippen LogP contribution is 2.32. The van der Waals surface area contributed by atoms with Crippen molar-refractivity contribution in [3.63, 3.8) is 0 Å². The minimum atomic E-state index is -0.540. The van der Waals surface area contributed by atoms with Gasteiger partial charge in [-0.25, -0.2) is 19.3 Å². The number of unbranched alkanes of at least 4 members (excludes halogenated alkanes) is 2. The molecule has 1 fully saturated rings. The van der Waals surface area contributed by atoms with E-state index in [0.717, 1.165) is 60.4 Å². The van der Waals surface area contributed by atoms with Crippen LogP contribution in [0.2, 0.25) is 0 Å². The SMILES string of the molecule is CC(=O)OCCCCCc1nc(C)cc(Nc2cc3cc(-c4c(OC[C@H]5CCN5C(=O)OC(C)(C)C)cnn4C)ccn3n2)n1. The van der Waals surface area contributed by atoms with E-state index in [9.17, 15) is 9.59 Å². The number of fused-ring (bicyclic) bond motifs is 1. The number of esters is 1. The van der Waals surface area contributed by atoms with E-state index in [1.807, 2.05) is 65.2 Å². The summed E-state index contributed by atoms with van der Waals surface area (Å²) in [4.78, 5) is 34.4. The molecule has 1 saturated heterocycles. The van der Waals surface area contributed by atoms with Crippen molar-refractivity contribution in [2.24, 2.45) is 7.05 Å². The van der Waals surface area contributed by atoms with Crippen molar-refractivity contribution in [2.45, 2.75) is 78.4 Å². The van der Waals surface area contributed by atoms with Crippen LogP contribution in [0.25, 0.3) is 16.8 Å². The summed E-state index contributed by atoms with van der Waals surface area (Å²) in [5, 5.41) is 12.4. The highest BCUT2D eigenvalue weighted by Gasteiger charge is 2.36. The summed E-state index contributed by atoms with van der Waals surface area (Å²) in [7, 11) is 1.88. The first kappa shape index (κ1) is 31.7. The van der Waals surface area contributed by atoms with Crippen molar-refractivity contribution < 1.29 is 23.8 Å². The van der Waals surface area contributed by atoms with Crippen LogP contribution in [-0.2, 0) is 27.7 Å². The van der Waals surface area contributed by atoms with Gasteiger partial charge in [0.05, 0.1) is 24.4 Å². The monoisotopic (exact) mass is 618 g/mol. The van der Waals surface area contributed by atoms with E-state index in [1.54, 1.807) is 20.3 Å². The Morgan fingerprint density at radius 3 is 2.64 bits per heavy atom. The van der Waals surface area contributed by atoms with Crippen LogP contribution in [-0.4, -0.2) is 77.7 Å². The minimum Gasteiger partial charge on any atom is -0.487 e. The third-order valence-corrected chi connectivity index (χ3v) is 7.35. The van der Waals surface area contributed by atoms with Crippen LogP contribution in [0.3, 0.4) is 0 Å². The lowest BCUT2D eigenvalue weighted by Gasteiger charge is -2.40. The van der Waals surface area contributed by atoms with Crippen LogP contribution < -0.4 is 10.1 Å². The Balaban J connectivity index is 1.23. The second kappa shape index (κ2) is 13.5. The number of nitrogens with one attached hydrogen (secondary N) is 1. The Kier molecular flexibility index (Phi) is 9.54. The first-order valence-electron chi connectivity index (χ1n) is 15.3. The molecule has 0 bridgehead atoms. The molecule has 13 heteroatoms. The topological polar surface area (TPSA) is 138 Å². The summed E-state index contributed by atoms with van der Waals surface area (Å²) in [5.74, 6) is 2.49. The smallest absolute Gasteiger partial charge is 0.410 e. The van der Waals surface area contributed by atoms with Crippen LogP contribution in [0.15, 0.2) is 36.7 Å². The van der Waals surface area contributed by atoms with Crippen molar-refractivity contribution in [1.29, 1.82) is 0 Å². The predicted octanol–water partition coefficient (Wildman–Crippen LogP) is 5.24. The maximum absolute atomic E-state index is 12.5. The van der Waals surface area contributed by atoms with Crippen molar-refractivity contribution in [2.75, 3.05) is 25.1 Å². The van der Waals surface area contributed by atoms with Gasteiger partial charge in [-0.3, -0.25) is 9.48 Å². The van der Waals surface area contributed by atoms with Crippen LogP contribution in [0.1, 0.15) is 64.9 Å². The number of likely N-dealkylation sites (tertiary alicyclic amines) is 1. The lowest BCUT2D eigenvalue weighted by molar-refractivity contribution is -0.141. The first-order valence-corrected chi connectivity index (χ1v) is 15.3. The third-order valence-electron chi connectivity index (χ3n) is 7.35. The summed E-state index contributed by atoms with van der Waals surface area (Å²) in [6.07, 6.45) is 7.53. The van der Waals surface area contributed by atoms with Gasteiger partial charge in [0.2, 0.25) is 0 Å². The van der Waals surface area contributed by atoms with Crippen LogP contribution in [0.5, 0.6) is 5.75 Å². The molecule has 5 heterocycles. The van der Waals surface area contributed by atoms with Crippen molar-refractivity contribution in [3.05, 3.63) is 48.2 Å². The van der Waals surface area contributed by atoms with Gasteiger partial charge in [0.25, 0.3) is 0 Å². The largest absolute Gasteiger partial charge is 0.487 e. The van der Waals surface area contributed by atoms with Crippen LogP contribution >= 0.6 is 0 Å². The van der Waals surface area contributed by atoms with Gasteiger partial charge in [-0.15, -0.1) is 0 Å². The predicted molar refractivity (Wildman–Crippen MR) is 168 cm³/mol. The van der Waals surface area contributed by atoms with Crippen molar-refractivity contribution in [3.8, 4) is 17.0 Å². The highest BCUT2D eigenvalue weighted by atomic mass is 16.6. The van der Waals surface area contributed by atoms with E-state index in [2.05, 4.69) is 25.5 Å². The fourth-order valence-electron chi connectivity index (χ4n) is 5.13. The zero-order valence-corrected chi connectivity index (χ0v) is 26.9. The van der Waals surface area contributed by atoms with Gasteiger partial charge in [-0.1, -0.05) is 0 Å². The molecule has 45 heavy (non-hydrogen) atoms. The molecule has 0 aromatic carbocycles. The molecule has 1 aliphatic rings. The molecule has 0 spiro atoms. The Morgan fingerprint density at radius 1 is 1.09 bits per heavy atom. The van der Waals surface area contributed by atoms with Gasteiger partial charge in [-0.05, 0) is 65.5 Å². The normalized spacial score (nSPS) is 14.7. The Morgan fingerprint density at radius 2 is 1.91 bits per heavy atom. The van der Waals surface area contributed by atoms with Gasteiger partial charge in [0, 0.05) is 56.5 Å². The van der Waals surface area contributed by atoms with E-state index < -0.39 is 5.60 Å². The Labute approximate surface area is 262 Å². The van der Waals surface area contributed by atoms with E-state index in [1.165, 1.54) is 6.92 Å². The summed E-state index contributed by atoms with van der Waals surface area (Å²) >= 11 is 0. The number of pyridine rings is 1. The van der Waals surface area contributed by atoms with Gasteiger partial charge < -0.3 is 24.4 Å². The number of carbonyl (C=O) groups is 2. The molecule has 240 valence electrons. The quantitative estimate of drug-likeness (QED) is 0.166. The average molecular weight is 619 g/mol. The summed E-state index contributed by atoms with van der Waals surface area (Å²) in [6, 6.07) is 7.81. The summed E-state index contributed by atoms with van der Waals surface area (Å²) < 4.78 is 20.3. The number of nitrogens with zero attached hydrogens (tertiary/aromatic N) is 7. The summed E-state index contributed by atoms with van der Waals surface area (Å²) in [5.41, 5.74) is 2.97. The number of hydrogen-bond donors (Lipinski definition) is 1. The first-order chi connectivity index (χ1) is 21.4. The lowest BCUT2D eigenvalue weighted by Crippen LogP contribution is -2.55. The fraction of sp³-hybridized carbons (Fsp3) is 0.500. The van der Waals surface area contributed by atoms with Crippen LogP contribution in [0, 0.1) is 6.92 Å². The fourth-order valence-corrected chi connectivity index (χ4v) is 5.13. The van der Waals surface area contributed by atoms with Gasteiger partial charge in [0.1, 0.15) is 29.5 Å². The zero-order chi connectivity index (χ0) is 32.1.